The van der Waals surface area contributed by atoms with Gasteiger partial charge < -0.3 is 19.9 Å². The Kier molecular flexibility index (Phi) is 9.97. The molecule has 15 nitrogen and oxygen atoms in total. The van der Waals surface area contributed by atoms with E-state index in [9.17, 15) is 24.0 Å². The van der Waals surface area contributed by atoms with Crippen molar-refractivity contribution < 1.29 is 33.1 Å². The summed E-state index contributed by atoms with van der Waals surface area (Å²) in [6.07, 6.45) is 6.34. The predicted molar refractivity (Wildman–Crippen MR) is 207 cm³/mol. The van der Waals surface area contributed by atoms with E-state index in [1.807, 2.05) is 11.0 Å². The smallest absolute Gasteiger partial charge is 0.262 e. The summed E-state index contributed by atoms with van der Waals surface area (Å²) < 4.78 is 21.5. The fourth-order valence-corrected chi connectivity index (χ4v) is 9.53. The van der Waals surface area contributed by atoms with Gasteiger partial charge in [-0.3, -0.25) is 39.1 Å². The van der Waals surface area contributed by atoms with Crippen molar-refractivity contribution >= 4 is 52.8 Å². The van der Waals surface area contributed by atoms with E-state index in [0.29, 0.717) is 58.7 Å². The lowest BCUT2D eigenvalue weighted by Gasteiger charge is -2.35. The van der Waals surface area contributed by atoms with Gasteiger partial charge in [0.2, 0.25) is 17.8 Å². The molecule has 5 amide bonds. The molecule has 4 atom stereocenters. The number of anilines is 2. The Morgan fingerprint density at radius 2 is 1.62 bits per heavy atom. The van der Waals surface area contributed by atoms with Crippen LogP contribution in [0.1, 0.15) is 75.2 Å². The van der Waals surface area contributed by atoms with Crippen LogP contribution in [-0.2, 0) is 9.59 Å². The van der Waals surface area contributed by atoms with Gasteiger partial charge in [-0.15, -0.1) is 0 Å². The highest BCUT2D eigenvalue weighted by Gasteiger charge is 2.56. The number of imide groups is 2. The monoisotopic (exact) mass is 809 g/mol. The lowest BCUT2D eigenvalue weighted by molar-refractivity contribution is -0.136. The van der Waals surface area contributed by atoms with Crippen LogP contribution in [0.2, 0.25) is 5.02 Å². The van der Waals surface area contributed by atoms with Crippen molar-refractivity contribution in [2.75, 3.05) is 55.6 Å². The zero-order chi connectivity index (χ0) is 40.2. The maximum Gasteiger partial charge on any atom is 0.262 e. The second kappa shape index (κ2) is 15.3. The number of nitriles is 1. The molecule has 2 saturated carbocycles. The normalized spacial score (nSPS) is 26.9. The number of ether oxygens (including phenoxy) is 1. The second-order valence-electron chi connectivity index (χ2n) is 16.1. The Balaban J connectivity index is 0.711. The topological polar surface area (TPSA) is 181 Å². The first kappa shape index (κ1) is 37.9. The largest absolute Gasteiger partial charge is 0.490 e. The van der Waals surface area contributed by atoms with Crippen LogP contribution >= 0.6 is 11.6 Å². The summed E-state index contributed by atoms with van der Waals surface area (Å²) in [7, 11) is 0. The molecule has 0 radical (unpaired) electrons. The van der Waals surface area contributed by atoms with Gasteiger partial charge in [-0.25, -0.2) is 14.4 Å². The number of hydrogen-bond donors (Lipinski definition) is 2. The highest BCUT2D eigenvalue weighted by molar-refractivity contribution is 6.31. The quantitative estimate of drug-likeness (QED) is 0.302. The molecule has 2 unspecified atom stereocenters. The van der Waals surface area contributed by atoms with Gasteiger partial charge in [0.25, 0.3) is 17.7 Å². The van der Waals surface area contributed by atoms with Gasteiger partial charge in [0, 0.05) is 76.7 Å². The molecule has 4 aliphatic heterocycles. The van der Waals surface area contributed by atoms with Crippen LogP contribution in [0.3, 0.4) is 0 Å². The summed E-state index contributed by atoms with van der Waals surface area (Å²) >= 11 is 6.14. The molecule has 5 heterocycles. The fourth-order valence-electron chi connectivity index (χ4n) is 9.31. The number of benzene rings is 2. The van der Waals surface area contributed by atoms with E-state index in [4.69, 9.17) is 21.6 Å². The molecule has 300 valence electrons. The number of halogens is 2. The first-order chi connectivity index (χ1) is 28.0. The van der Waals surface area contributed by atoms with Crippen LogP contribution in [0.15, 0.2) is 42.7 Å². The van der Waals surface area contributed by atoms with Crippen molar-refractivity contribution in [2.24, 2.45) is 17.8 Å². The lowest BCUT2D eigenvalue weighted by Crippen LogP contribution is -2.54. The number of piperazine rings is 1. The first-order valence-corrected chi connectivity index (χ1v) is 20.2. The number of rotatable bonds is 9. The molecular formula is C41H41ClFN9O6. The molecule has 9 rings (SSSR count). The fraction of sp³-hybridized carbons (Fsp3) is 0.463. The molecular weight excluding hydrogens is 769 g/mol. The van der Waals surface area contributed by atoms with Crippen molar-refractivity contribution in [2.45, 2.75) is 56.7 Å². The predicted octanol–water partition coefficient (Wildman–Crippen LogP) is 3.17. The Bertz CT molecular complexity index is 2230. The molecule has 2 aliphatic carbocycles. The number of nitrogens with zero attached hydrogens (tertiary/aromatic N) is 7. The Morgan fingerprint density at radius 1 is 0.931 bits per heavy atom. The minimum absolute atomic E-state index is 0.00892. The molecule has 2 N–H and O–H groups in total. The number of piperidine rings is 2. The van der Waals surface area contributed by atoms with E-state index < -0.39 is 35.5 Å². The van der Waals surface area contributed by atoms with E-state index in [1.54, 1.807) is 30.6 Å². The van der Waals surface area contributed by atoms with E-state index >= 15 is 4.39 Å². The highest BCUT2D eigenvalue weighted by Crippen LogP contribution is 2.53. The Hall–Kier alpha value is -5.66. The third-order valence-electron chi connectivity index (χ3n) is 12.6. The zero-order valence-electron chi connectivity index (χ0n) is 31.5. The first-order valence-electron chi connectivity index (χ1n) is 19.8. The third-order valence-corrected chi connectivity index (χ3v) is 12.9. The standard InChI is InChI=1S/C41H41ClFN9O6/c42-32-13-26(4-1-22(32)16-44)58-25-5-2-24(3-6-25)47-37(54)23-17-45-41(46-18-23)50-11-9-49(10-12-50)19-29-30-20-51(21-31(29)30)35-15-28-27(14-33(35)43)39(56)52(40(28)57)34-7-8-36(53)48-38(34)55/h1,4,13-15,17-18,24-25,29-31,34H,2-3,5-12,19-21H2,(H,47,54)(H,48,53,55)/t24?,25?,29?,30-,31+,34?. The number of amides is 5. The molecule has 58 heavy (non-hydrogen) atoms. The Morgan fingerprint density at radius 3 is 2.28 bits per heavy atom. The maximum atomic E-state index is 15.4. The van der Waals surface area contributed by atoms with Gasteiger partial charge in [-0.2, -0.15) is 5.26 Å². The molecule has 1 aromatic heterocycles. The van der Waals surface area contributed by atoms with Crippen molar-refractivity contribution in [3.8, 4) is 11.8 Å². The van der Waals surface area contributed by atoms with Gasteiger partial charge in [0.05, 0.1) is 39.1 Å². The minimum Gasteiger partial charge on any atom is -0.490 e. The van der Waals surface area contributed by atoms with E-state index in [1.165, 1.54) is 6.07 Å². The van der Waals surface area contributed by atoms with Crippen molar-refractivity contribution in [3.63, 3.8) is 0 Å². The van der Waals surface area contributed by atoms with Crippen LogP contribution in [0, 0.1) is 34.9 Å². The maximum absolute atomic E-state index is 15.4. The molecule has 3 saturated heterocycles. The van der Waals surface area contributed by atoms with E-state index in [-0.39, 0.29) is 47.7 Å². The van der Waals surface area contributed by atoms with Gasteiger partial charge in [0.1, 0.15) is 23.7 Å². The van der Waals surface area contributed by atoms with Crippen LogP contribution in [-0.4, -0.2) is 113 Å². The van der Waals surface area contributed by atoms with Gasteiger partial charge in [-0.05, 0) is 74.1 Å². The molecule has 3 aromatic rings. The number of hydrogen-bond acceptors (Lipinski definition) is 12. The third kappa shape index (κ3) is 7.21. The molecule has 6 aliphatic rings. The van der Waals surface area contributed by atoms with Crippen molar-refractivity contribution in [1.82, 2.24) is 30.4 Å². The summed E-state index contributed by atoms with van der Waals surface area (Å²) in [6.45, 7) is 5.44. The van der Waals surface area contributed by atoms with Crippen LogP contribution < -0.4 is 25.2 Å². The SMILES string of the molecule is N#Cc1ccc(OC2CCC(NC(=O)c3cnc(N4CCN(CC5[C@H]6CN(c7cc8c(cc7F)C(=O)N(C7CCC(=O)NC7=O)C8=O)C[C@@H]56)CC4)nc3)CC2)cc1Cl. The van der Waals surface area contributed by atoms with Crippen LogP contribution in [0.25, 0.3) is 0 Å². The molecule has 2 aromatic carbocycles. The molecule has 0 spiro atoms. The lowest BCUT2D eigenvalue weighted by atomic mass is 9.92. The van der Waals surface area contributed by atoms with Crippen LogP contribution in [0.4, 0.5) is 16.0 Å². The van der Waals surface area contributed by atoms with Gasteiger partial charge in [-0.1, -0.05) is 11.6 Å². The summed E-state index contributed by atoms with van der Waals surface area (Å²) in [5.41, 5.74) is 1.13. The van der Waals surface area contributed by atoms with Crippen LogP contribution in [0.5, 0.6) is 5.75 Å². The second-order valence-corrected chi connectivity index (χ2v) is 16.5. The minimum atomic E-state index is -1.10. The van der Waals surface area contributed by atoms with Crippen molar-refractivity contribution in [1.29, 1.82) is 5.26 Å². The highest BCUT2D eigenvalue weighted by atomic mass is 35.5. The number of carbonyl (C=O) groups is 5. The summed E-state index contributed by atoms with van der Waals surface area (Å²) in [5.74, 6) is -0.774. The summed E-state index contributed by atoms with van der Waals surface area (Å²) in [5, 5.41) is 14.7. The number of aromatic nitrogens is 2. The van der Waals surface area contributed by atoms with E-state index in [0.717, 1.165) is 69.4 Å². The molecule has 0 bridgehead atoms. The zero-order valence-corrected chi connectivity index (χ0v) is 32.3. The van der Waals surface area contributed by atoms with Gasteiger partial charge in [0.15, 0.2) is 0 Å². The van der Waals surface area contributed by atoms with E-state index in [2.05, 4.69) is 30.4 Å². The van der Waals surface area contributed by atoms with Crippen molar-refractivity contribution in [3.05, 3.63) is 75.8 Å². The molecule has 17 heteroatoms. The van der Waals surface area contributed by atoms with Gasteiger partial charge >= 0.3 is 0 Å². The molecule has 5 fully saturated rings. The average Bonchev–Trinajstić information content (AvgIpc) is 3.52. The number of fused-ring (bicyclic) bond motifs is 2. The number of carbonyl (C=O) groups excluding carboxylic acids is 5. The summed E-state index contributed by atoms with van der Waals surface area (Å²) in [6, 6.07) is 8.58. The number of nitrogens with one attached hydrogen (secondary N) is 2. The Labute approximate surface area is 338 Å². The average molecular weight is 810 g/mol. The summed E-state index contributed by atoms with van der Waals surface area (Å²) in [4.78, 5) is 79.9.